The van der Waals surface area contributed by atoms with Gasteiger partial charge in [0.1, 0.15) is 0 Å². The summed E-state index contributed by atoms with van der Waals surface area (Å²) < 4.78 is 0. The normalized spacial score (nSPS) is 35.7. The fourth-order valence-corrected chi connectivity index (χ4v) is 5.95. The van der Waals surface area contributed by atoms with Gasteiger partial charge in [0, 0.05) is 0 Å². The summed E-state index contributed by atoms with van der Waals surface area (Å²) in [5.74, 6) is 1.53. The van der Waals surface area contributed by atoms with Crippen molar-refractivity contribution in [2.75, 3.05) is 0 Å². The summed E-state index contributed by atoms with van der Waals surface area (Å²) in [6.45, 7) is 0. The maximum atomic E-state index is 11.4. The zero-order chi connectivity index (χ0) is 16.8. The largest absolute Gasteiger partial charge is 0.235 e. The number of hydrogen-bond acceptors (Lipinski definition) is 4. The van der Waals surface area contributed by atoms with Gasteiger partial charge in [-0.2, -0.15) is 4.99 Å². The first-order chi connectivity index (χ1) is 11.8. The molecule has 4 nitrogen and oxygen atoms in total. The molecular formula is C20H30N2O2. The van der Waals surface area contributed by atoms with Gasteiger partial charge in [0.25, 0.3) is 0 Å². The Balaban J connectivity index is 1.92. The van der Waals surface area contributed by atoms with Crippen molar-refractivity contribution in [3.8, 4) is 0 Å². The zero-order valence-corrected chi connectivity index (χ0v) is 14.7. The quantitative estimate of drug-likeness (QED) is 0.553. The Kier molecular flexibility index (Phi) is 6.03. The van der Waals surface area contributed by atoms with Gasteiger partial charge in [-0.1, -0.05) is 51.4 Å². The van der Waals surface area contributed by atoms with Crippen molar-refractivity contribution in [2.45, 2.75) is 95.1 Å². The third-order valence-corrected chi connectivity index (χ3v) is 7.07. The molecule has 0 saturated heterocycles. The van der Waals surface area contributed by atoms with E-state index in [2.05, 4.69) is 9.98 Å². The van der Waals surface area contributed by atoms with Crippen molar-refractivity contribution in [3.63, 3.8) is 0 Å². The summed E-state index contributed by atoms with van der Waals surface area (Å²) in [6.07, 6.45) is 19.0. The number of rotatable bonds is 4. The van der Waals surface area contributed by atoms with Crippen LogP contribution in [0.2, 0.25) is 0 Å². The highest BCUT2D eigenvalue weighted by atomic mass is 16.1. The van der Waals surface area contributed by atoms with Crippen LogP contribution in [0.5, 0.6) is 0 Å². The molecule has 3 unspecified atom stereocenters. The van der Waals surface area contributed by atoms with Gasteiger partial charge in [-0.3, -0.25) is 0 Å². The van der Waals surface area contributed by atoms with E-state index in [1.54, 1.807) is 6.08 Å². The van der Waals surface area contributed by atoms with Crippen molar-refractivity contribution in [1.29, 1.82) is 0 Å². The topological polar surface area (TPSA) is 58.9 Å². The number of isocyanates is 2. The second-order valence-corrected chi connectivity index (χ2v) is 8.18. The Labute approximate surface area is 145 Å². The predicted octanol–water partition coefficient (Wildman–Crippen LogP) is 4.73. The molecule has 0 N–H and O–H groups in total. The average Bonchev–Trinajstić information content (AvgIpc) is 2.65. The van der Waals surface area contributed by atoms with Crippen molar-refractivity contribution in [1.82, 2.24) is 0 Å². The van der Waals surface area contributed by atoms with Gasteiger partial charge in [0.2, 0.25) is 12.2 Å². The van der Waals surface area contributed by atoms with Crippen molar-refractivity contribution >= 4 is 12.2 Å². The average molecular weight is 330 g/mol. The molecular weight excluding hydrogens is 300 g/mol. The molecule has 0 aromatic heterocycles. The van der Waals surface area contributed by atoms with Crippen LogP contribution >= 0.6 is 0 Å². The predicted molar refractivity (Wildman–Crippen MR) is 93.3 cm³/mol. The summed E-state index contributed by atoms with van der Waals surface area (Å²) in [5, 5.41) is 0. The molecule has 3 aliphatic carbocycles. The molecule has 0 radical (unpaired) electrons. The third kappa shape index (κ3) is 3.55. The highest BCUT2D eigenvalue weighted by Crippen LogP contribution is 2.52. The second-order valence-electron chi connectivity index (χ2n) is 8.18. The van der Waals surface area contributed by atoms with Gasteiger partial charge >= 0.3 is 0 Å². The summed E-state index contributed by atoms with van der Waals surface area (Å²) in [6, 6.07) is 0.0768. The maximum absolute atomic E-state index is 11.4. The molecule has 0 spiro atoms. The lowest BCUT2D eigenvalue weighted by molar-refractivity contribution is 0.0340. The van der Waals surface area contributed by atoms with Crippen molar-refractivity contribution < 1.29 is 9.59 Å². The van der Waals surface area contributed by atoms with Gasteiger partial charge in [-0.05, 0) is 49.9 Å². The van der Waals surface area contributed by atoms with E-state index in [1.165, 1.54) is 64.2 Å². The monoisotopic (exact) mass is 330 g/mol. The SMILES string of the molecule is O=C=NC1CCC(N=C=O)(C2CCCCC2)C(C2CCCCC2)C1. The van der Waals surface area contributed by atoms with E-state index in [0.29, 0.717) is 17.8 Å². The molecule has 132 valence electrons. The van der Waals surface area contributed by atoms with E-state index in [0.717, 1.165) is 19.3 Å². The fraction of sp³-hybridized carbons (Fsp3) is 0.900. The Morgan fingerprint density at radius 1 is 0.792 bits per heavy atom. The Morgan fingerprint density at radius 3 is 2.08 bits per heavy atom. The summed E-state index contributed by atoms with van der Waals surface area (Å²) in [5.41, 5.74) is -0.237. The lowest BCUT2D eigenvalue weighted by Gasteiger charge is -2.51. The van der Waals surface area contributed by atoms with Gasteiger partial charge in [-0.15, -0.1) is 0 Å². The van der Waals surface area contributed by atoms with Gasteiger partial charge < -0.3 is 0 Å². The first-order valence-corrected chi connectivity index (χ1v) is 9.96. The fourth-order valence-electron chi connectivity index (χ4n) is 5.95. The van der Waals surface area contributed by atoms with Gasteiger partial charge in [0.15, 0.2) is 0 Å². The molecule has 24 heavy (non-hydrogen) atoms. The number of hydrogen-bond donors (Lipinski definition) is 0. The van der Waals surface area contributed by atoms with E-state index in [4.69, 9.17) is 0 Å². The lowest BCUT2D eigenvalue weighted by atomic mass is 9.56. The first-order valence-electron chi connectivity index (χ1n) is 9.96. The molecule has 0 heterocycles. The highest BCUT2D eigenvalue weighted by Gasteiger charge is 2.51. The maximum Gasteiger partial charge on any atom is 0.235 e. The standard InChI is InChI=1S/C20H30N2O2/c23-14-21-18-11-12-20(22-15-24,17-9-5-2-6-10-17)19(13-18)16-7-3-1-4-8-16/h16-19H,1-13H2. The summed E-state index contributed by atoms with van der Waals surface area (Å²) in [7, 11) is 0. The molecule has 4 heteroatoms. The van der Waals surface area contributed by atoms with Crippen LogP contribution in [0.1, 0.15) is 83.5 Å². The Bertz CT molecular complexity index is 510. The molecule has 3 aliphatic rings. The van der Waals surface area contributed by atoms with Crippen LogP contribution in [0.15, 0.2) is 9.98 Å². The Morgan fingerprint density at radius 2 is 1.46 bits per heavy atom. The minimum atomic E-state index is -0.237. The molecule has 0 amide bonds. The molecule has 0 aliphatic heterocycles. The smallest absolute Gasteiger partial charge is 0.211 e. The summed E-state index contributed by atoms with van der Waals surface area (Å²) in [4.78, 5) is 30.7. The highest BCUT2D eigenvalue weighted by molar-refractivity contribution is 5.36. The van der Waals surface area contributed by atoms with E-state index in [-0.39, 0.29) is 11.6 Å². The van der Waals surface area contributed by atoms with Crippen LogP contribution in [-0.4, -0.2) is 23.7 Å². The number of carbonyl (C=O) groups excluding carboxylic acids is 2. The third-order valence-electron chi connectivity index (χ3n) is 7.07. The van der Waals surface area contributed by atoms with Crippen LogP contribution in [0.25, 0.3) is 0 Å². The van der Waals surface area contributed by atoms with Crippen LogP contribution in [0, 0.1) is 17.8 Å². The van der Waals surface area contributed by atoms with E-state index in [1.807, 2.05) is 6.08 Å². The van der Waals surface area contributed by atoms with Crippen LogP contribution in [0.3, 0.4) is 0 Å². The molecule has 3 saturated carbocycles. The molecule has 3 atom stereocenters. The van der Waals surface area contributed by atoms with Crippen LogP contribution in [0.4, 0.5) is 0 Å². The van der Waals surface area contributed by atoms with Crippen LogP contribution < -0.4 is 0 Å². The first kappa shape index (κ1) is 17.6. The van der Waals surface area contributed by atoms with E-state index >= 15 is 0 Å². The van der Waals surface area contributed by atoms with Crippen LogP contribution in [-0.2, 0) is 9.59 Å². The number of aliphatic imine (C=N–C) groups is 2. The number of nitrogens with zero attached hydrogens (tertiary/aromatic N) is 2. The second kappa shape index (κ2) is 8.23. The molecule has 3 fully saturated rings. The lowest BCUT2D eigenvalue weighted by Crippen LogP contribution is -2.52. The molecule has 0 aromatic carbocycles. The molecule has 0 aromatic rings. The van der Waals surface area contributed by atoms with Crippen molar-refractivity contribution in [3.05, 3.63) is 0 Å². The van der Waals surface area contributed by atoms with E-state index in [9.17, 15) is 9.59 Å². The van der Waals surface area contributed by atoms with Gasteiger partial charge in [-0.25, -0.2) is 14.6 Å². The van der Waals surface area contributed by atoms with E-state index < -0.39 is 0 Å². The van der Waals surface area contributed by atoms with Crippen molar-refractivity contribution in [2.24, 2.45) is 27.7 Å². The zero-order valence-electron chi connectivity index (χ0n) is 14.7. The molecule has 0 bridgehead atoms. The summed E-state index contributed by atoms with van der Waals surface area (Å²) >= 11 is 0. The minimum absolute atomic E-state index is 0.0768. The molecule has 3 rings (SSSR count). The van der Waals surface area contributed by atoms with Gasteiger partial charge in [0.05, 0.1) is 11.6 Å². The minimum Gasteiger partial charge on any atom is -0.211 e. The Hall–Kier alpha value is -1.24.